The SMILES string of the molecule is CC[C@@H](C)c1ccc2oc(-c3ccc(N=Cc4cc(Br)cc([N+](=O)[O-])c4O)cc3)nc2c1. The number of benzene rings is 3. The molecule has 0 aliphatic carbocycles. The van der Waals surface area contributed by atoms with Crippen LogP contribution in [0.1, 0.15) is 37.3 Å². The Morgan fingerprint density at radius 3 is 2.66 bits per heavy atom. The molecule has 3 aromatic carbocycles. The number of rotatable bonds is 6. The van der Waals surface area contributed by atoms with Crippen molar-refractivity contribution in [2.45, 2.75) is 26.2 Å². The van der Waals surface area contributed by atoms with Gasteiger partial charge in [-0.1, -0.05) is 35.8 Å². The lowest BCUT2D eigenvalue weighted by Gasteiger charge is -2.07. The van der Waals surface area contributed by atoms with E-state index in [1.54, 1.807) is 18.2 Å². The largest absolute Gasteiger partial charge is 0.502 e. The Hall–Kier alpha value is -3.52. The molecule has 0 unspecified atom stereocenters. The molecule has 0 radical (unpaired) electrons. The van der Waals surface area contributed by atoms with Crippen molar-refractivity contribution >= 4 is 44.6 Å². The van der Waals surface area contributed by atoms with E-state index in [0.29, 0.717) is 22.0 Å². The van der Waals surface area contributed by atoms with Crippen LogP contribution in [0.15, 0.2) is 68.5 Å². The van der Waals surface area contributed by atoms with E-state index in [9.17, 15) is 15.2 Å². The Bertz CT molecular complexity index is 1330. The number of phenolic OH excluding ortho intramolecular Hbond substituents is 1. The first-order chi connectivity index (χ1) is 15.4. The molecule has 162 valence electrons. The van der Waals surface area contributed by atoms with Gasteiger partial charge in [-0.15, -0.1) is 0 Å². The highest BCUT2D eigenvalue weighted by atomic mass is 79.9. The number of nitro benzene ring substituents is 1. The van der Waals surface area contributed by atoms with E-state index in [0.717, 1.165) is 23.1 Å². The van der Waals surface area contributed by atoms with E-state index in [2.05, 4.69) is 51.9 Å². The molecule has 7 nitrogen and oxygen atoms in total. The number of fused-ring (bicyclic) bond motifs is 1. The maximum Gasteiger partial charge on any atom is 0.312 e. The van der Waals surface area contributed by atoms with Crippen LogP contribution >= 0.6 is 15.9 Å². The van der Waals surface area contributed by atoms with Gasteiger partial charge in [0.25, 0.3) is 0 Å². The molecule has 1 aromatic heterocycles. The summed E-state index contributed by atoms with van der Waals surface area (Å²) in [5.74, 6) is 0.557. The summed E-state index contributed by atoms with van der Waals surface area (Å²) in [6.45, 7) is 4.35. The number of aliphatic imine (C=N–C) groups is 1. The zero-order valence-electron chi connectivity index (χ0n) is 17.4. The quantitative estimate of drug-likeness (QED) is 0.174. The topological polar surface area (TPSA) is 102 Å². The fourth-order valence-electron chi connectivity index (χ4n) is 3.29. The van der Waals surface area contributed by atoms with Crippen LogP contribution in [-0.2, 0) is 0 Å². The van der Waals surface area contributed by atoms with Crippen LogP contribution < -0.4 is 0 Å². The molecular weight excluding hydrogens is 474 g/mol. The minimum absolute atomic E-state index is 0.242. The van der Waals surface area contributed by atoms with Crippen LogP contribution in [0.25, 0.3) is 22.6 Å². The first kappa shape index (κ1) is 21.7. The van der Waals surface area contributed by atoms with Gasteiger partial charge in [-0.05, 0) is 60.4 Å². The van der Waals surface area contributed by atoms with Crippen molar-refractivity contribution < 1.29 is 14.4 Å². The Kier molecular flexibility index (Phi) is 6.05. The second-order valence-corrected chi connectivity index (χ2v) is 8.40. The van der Waals surface area contributed by atoms with Gasteiger partial charge in [0.15, 0.2) is 5.58 Å². The third-order valence-electron chi connectivity index (χ3n) is 5.34. The van der Waals surface area contributed by atoms with E-state index in [1.807, 2.05) is 18.2 Å². The molecule has 0 spiro atoms. The van der Waals surface area contributed by atoms with E-state index in [1.165, 1.54) is 17.8 Å². The molecular formula is C24H20BrN3O4. The monoisotopic (exact) mass is 493 g/mol. The lowest BCUT2D eigenvalue weighted by Crippen LogP contribution is -1.92. The molecule has 0 fully saturated rings. The molecule has 8 heteroatoms. The smallest absolute Gasteiger partial charge is 0.312 e. The van der Waals surface area contributed by atoms with Crippen LogP contribution in [0.3, 0.4) is 0 Å². The summed E-state index contributed by atoms with van der Waals surface area (Å²) < 4.78 is 6.38. The second kappa shape index (κ2) is 8.92. The molecule has 4 aromatic rings. The first-order valence-electron chi connectivity index (χ1n) is 10.1. The van der Waals surface area contributed by atoms with Crippen molar-refractivity contribution in [1.82, 2.24) is 4.98 Å². The molecule has 4 rings (SSSR count). The standard InChI is InChI=1S/C24H20BrN3O4/c1-3-14(2)16-6-9-22-20(11-16)27-24(32-22)15-4-7-19(8-5-15)26-13-17-10-18(25)12-21(23(17)29)28(30)31/h4-14,29H,3H2,1-2H3/t14-/m1/s1. The number of hydrogen-bond acceptors (Lipinski definition) is 6. The highest BCUT2D eigenvalue weighted by molar-refractivity contribution is 9.10. The number of nitro groups is 1. The number of aromatic nitrogens is 1. The van der Waals surface area contributed by atoms with Crippen LogP contribution in [0.2, 0.25) is 0 Å². The van der Waals surface area contributed by atoms with E-state index in [-0.39, 0.29) is 11.3 Å². The summed E-state index contributed by atoms with van der Waals surface area (Å²) >= 11 is 3.21. The zero-order valence-corrected chi connectivity index (χ0v) is 19.0. The molecule has 0 aliphatic heterocycles. The van der Waals surface area contributed by atoms with Crippen LogP contribution in [-0.4, -0.2) is 21.2 Å². The van der Waals surface area contributed by atoms with Crippen molar-refractivity contribution in [3.63, 3.8) is 0 Å². The summed E-state index contributed by atoms with van der Waals surface area (Å²) in [4.78, 5) is 19.4. The van der Waals surface area contributed by atoms with Crippen molar-refractivity contribution in [1.29, 1.82) is 0 Å². The fourth-order valence-corrected chi connectivity index (χ4v) is 3.75. The predicted octanol–water partition coefficient (Wildman–Crippen LogP) is 7.14. The molecule has 0 saturated carbocycles. The summed E-state index contributed by atoms with van der Waals surface area (Å²) in [5.41, 5.74) is 4.08. The van der Waals surface area contributed by atoms with Crippen molar-refractivity contribution in [2.24, 2.45) is 4.99 Å². The van der Waals surface area contributed by atoms with Crippen LogP contribution in [0, 0.1) is 10.1 Å². The molecule has 0 bridgehead atoms. The van der Waals surface area contributed by atoms with Crippen LogP contribution in [0.5, 0.6) is 5.75 Å². The number of phenols is 1. The Balaban J connectivity index is 1.58. The molecule has 0 aliphatic rings. The molecule has 1 atom stereocenters. The van der Waals surface area contributed by atoms with Crippen molar-refractivity contribution in [3.8, 4) is 17.2 Å². The van der Waals surface area contributed by atoms with Gasteiger partial charge in [-0.2, -0.15) is 0 Å². The second-order valence-electron chi connectivity index (χ2n) is 7.48. The zero-order chi connectivity index (χ0) is 22.8. The van der Waals surface area contributed by atoms with Crippen molar-refractivity contribution in [2.75, 3.05) is 0 Å². The maximum atomic E-state index is 11.1. The first-order valence-corrected chi connectivity index (χ1v) is 10.9. The normalized spacial score (nSPS) is 12.5. The average molecular weight is 494 g/mol. The van der Waals surface area contributed by atoms with Gasteiger partial charge >= 0.3 is 5.69 Å². The summed E-state index contributed by atoms with van der Waals surface area (Å²) in [6, 6.07) is 16.2. The van der Waals surface area contributed by atoms with Gasteiger partial charge in [0, 0.05) is 27.9 Å². The third-order valence-corrected chi connectivity index (χ3v) is 5.80. The molecule has 1 heterocycles. The van der Waals surface area contributed by atoms with Gasteiger partial charge < -0.3 is 9.52 Å². The molecule has 0 amide bonds. The molecule has 0 saturated heterocycles. The average Bonchev–Trinajstić information content (AvgIpc) is 3.22. The third kappa shape index (κ3) is 4.40. The highest BCUT2D eigenvalue weighted by Crippen LogP contribution is 2.33. The van der Waals surface area contributed by atoms with Gasteiger partial charge in [0.05, 0.1) is 10.6 Å². The predicted molar refractivity (Wildman–Crippen MR) is 128 cm³/mol. The number of oxazole rings is 1. The van der Waals surface area contributed by atoms with E-state index in [4.69, 9.17) is 4.42 Å². The minimum atomic E-state index is -0.640. The Labute approximate surface area is 192 Å². The van der Waals surface area contributed by atoms with Gasteiger partial charge in [-0.3, -0.25) is 15.1 Å². The molecule has 1 N–H and O–H groups in total. The van der Waals surface area contributed by atoms with Gasteiger partial charge in [0.2, 0.25) is 11.6 Å². The van der Waals surface area contributed by atoms with Crippen LogP contribution in [0.4, 0.5) is 11.4 Å². The maximum absolute atomic E-state index is 11.1. The van der Waals surface area contributed by atoms with E-state index < -0.39 is 10.7 Å². The number of hydrogen-bond donors (Lipinski definition) is 1. The number of nitrogens with zero attached hydrogens (tertiary/aromatic N) is 3. The Morgan fingerprint density at radius 2 is 1.97 bits per heavy atom. The summed E-state index contributed by atoms with van der Waals surface area (Å²) in [6.07, 6.45) is 2.45. The summed E-state index contributed by atoms with van der Waals surface area (Å²) in [5, 5.41) is 21.2. The number of aromatic hydroxyl groups is 1. The number of halogens is 1. The lowest BCUT2D eigenvalue weighted by molar-refractivity contribution is -0.385. The fraction of sp³-hybridized carbons (Fsp3) is 0.167. The Morgan fingerprint density at radius 1 is 1.22 bits per heavy atom. The molecule has 32 heavy (non-hydrogen) atoms. The lowest BCUT2D eigenvalue weighted by atomic mass is 9.98. The van der Waals surface area contributed by atoms with Gasteiger partial charge in [0.1, 0.15) is 5.52 Å². The van der Waals surface area contributed by atoms with Gasteiger partial charge in [-0.25, -0.2) is 4.98 Å². The highest BCUT2D eigenvalue weighted by Gasteiger charge is 2.17. The van der Waals surface area contributed by atoms with Crippen molar-refractivity contribution in [3.05, 3.63) is 80.3 Å². The minimum Gasteiger partial charge on any atom is -0.502 e. The summed E-state index contributed by atoms with van der Waals surface area (Å²) in [7, 11) is 0. The van der Waals surface area contributed by atoms with E-state index >= 15 is 0 Å².